The zero-order valence-corrected chi connectivity index (χ0v) is 6.12. The summed E-state index contributed by atoms with van der Waals surface area (Å²) in [5.41, 5.74) is 0.969. The zero-order valence-electron chi connectivity index (χ0n) is 5.30. The lowest BCUT2D eigenvalue weighted by Gasteiger charge is -1.77. The van der Waals surface area contributed by atoms with Gasteiger partial charge in [-0.05, 0) is 13.8 Å². The van der Waals surface area contributed by atoms with Gasteiger partial charge in [0.15, 0.2) is 5.01 Å². The van der Waals surface area contributed by atoms with Gasteiger partial charge >= 0.3 is 0 Å². The Balaban J connectivity index is 3.16. The van der Waals surface area contributed by atoms with Gasteiger partial charge in [0.2, 0.25) is 0 Å². The Morgan fingerprint density at radius 2 is 2.22 bits per heavy atom. The van der Waals surface area contributed by atoms with Gasteiger partial charge in [0.25, 0.3) is 0 Å². The van der Waals surface area contributed by atoms with Gasteiger partial charge in [-0.15, -0.1) is 11.3 Å². The van der Waals surface area contributed by atoms with E-state index in [1.54, 1.807) is 0 Å². The number of hydrogen-bond acceptors (Lipinski definition) is 3. The number of rotatable bonds is 0. The molecule has 46 valence electrons. The summed E-state index contributed by atoms with van der Waals surface area (Å²) in [7, 11) is 0. The molecule has 0 aliphatic carbocycles. The largest absolute Gasteiger partial charge is 0.231 e. The van der Waals surface area contributed by atoms with Crippen molar-refractivity contribution in [3.63, 3.8) is 0 Å². The van der Waals surface area contributed by atoms with Gasteiger partial charge in [-0.3, -0.25) is 0 Å². The molecule has 1 aromatic rings. The van der Waals surface area contributed by atoms with Crippen molar-refractivity contribution in [3.05, 3.63) is 15.6 Å². The van der Waals surface area contributed by atoms with Crippen molar-refractivity contribution in [3.8, 4) is 6.07 Å². The van der Waals surface area contributed by atoms with E-state index in [-0.39, 0.29) is 0 Å². The molecule has 0 aliphatic heterocycles. The molecule has 0 spiro atoms. The van der Waals surface area contributed by atoms with Crippen LogP contribution in [-0.4, -0.2) is 4.98 Å². The Labute approximate surface area is 57.8 Å². The van der Waals surface area contributed by atoms with Crippen LogP contribution in [-0.2, 0) is 0 Å². The Bertz CT molecular complexity index is 237. The predicted octanol–water partition coefficient (Wildman–Crippen LogP) is 1.63. The van der Waals surface area contributed by atoms with Gasteiger partial charge in [0.1, 0.15) is 6.07 Å². The predicted molar refractivity (Wildman–Crippen MR) is 36.3 cm³/mol. The minimum Gasteiger partial charge on any atom is -0.231 e. The normalized spacial score (nSPS) is 9.00. The van der Waals surface area contributed by atoms with E-state index in [0.717, 1.165) is 10.6 Å². The monoisotopic (exact) mass is 138 g/mol. The number of aryl methyl sites for hydroxylation is 2. The van der Waals surface area contributed by atoms with Crippen molar-refractivity contribution >= 4 is 11.3 Å². The molecule has 0 saturated carbocycles. The van der Waals surface area contributed by atoms with Crippen molar-refractivity contribution in [1.82, 2.24) is 4.98 Å². The number of thiazole rings is 1. The first kappa shape index (κ1) is 6.24. The Morgan fingerprint density at radius 3 is 2.44 bits per heavy atom. The molecule has 0 fully saturated rings. The summed E-state index contributed by atoms with van der Waals surface area (Å²) in [6.45, 7) is 3.88. The SMILES string of the molecule is Cc1nc(C#N)sc1C. The fraction of sp³-hybridized carbons (Fsp3) is 0.333. The lowest BCUT2D eigenvalue weighted by molar-refractivity contribution is 1.21. The van der Waals surface area contributed by atoms with Gasteiger partial charge in [0, 0.05) is 4.88 Å². The molecule has 9 heavy (non-hydrogen) atoms. The molecular formula is C6H6N2S. The summed E-state index contributed by atoms with van der Waals surface area (Å²) < 4.78 is 0. The van der Waals surface area contributed by atoms with Crippen LogP contribution in [0.3, 0.4) is 0 Å². The molecule has 0 amide bonds. The molecule has 0 bridgehead atoms. The molecule has 3 heteroatoms. The first-order valence-corrected chi connectivity index (χ1v) is 3.40. The van der Waals surface area contributed by atoms with E-state index in [9.17, 15) is 0 Å². The third-order valence-corrected chi connectivity index (χ3v) is 2.10. The van der Waals surface area contributed by atoms with Crippen LogP contribution < -0.4 is 0 Å². The summed E-state index contributed by atoms with van der Waals surface area (Å²) in [6.07, 6.45) is 0. The van der Waals surface area contributed by atoms with Crippen LogP contribution in [0.15, 0.2) is 0 Å². The summed E-state index contributed by atoms with van der Waals surface area (Å²) in [5, 5.41) is 8.93. The van der Waals surface area contributed by atoms with E-state index in [1.165, 1.54) is 11.3 Å². The van der Waals surface area contributed by atoms with Gasteiger partial charge in [-0.25, -0.2) is 4.98 Å². The molecule has 1 aromatic heterocycles. The average Bonchev–Trinajstić information content (AvgIpc) is 2.13. The van der Waals surface area contributed by atoms with Crippen LogP contribution >= 0.6 is 11.3 Å². The van der Waals surface area contributed by atoms with E-state index >= 15 is 0 Å². The molecule has 1 rings (SSSR count). The minimum atomic E-state index is 0.560. The van der Waals surface area contributed by atoms with Crippen LogP contribution in [0, 0.1) is 25.2 Å². The van der Waals surface area contributed by atoms with E-state index < -0.39 is 0 Å². The number of hydrogen-bond donors (Lipinski definition) is 0. The van der Waals surface area contributed by atoms with Gasteiger partial charge in [0.05, 0.1) is 5.69 Å². The standard InChI is InChI=1S/C6H6N2S/c1-4-5(2)9-6(3-7)8-4/h1-2H3. The maximum atomic E-state index is 8.37. The lowest BCUT2D eigenvalue weighted by Crippen LogP contribution is -1.72. The fourth-order valence-electron chi connectivity index (χ4n) is 0.521. The smallest absolute Gasteiger partial charge is 0.194 e. The highest BCUT2D eigenvalue weighted by Crippen LogP contribution is 2.14. The quantitative estimate of drug-likeness (QED) is 0.546. The van der Waals surface area contributed by atoms with Gasteiger partial charge < -0.3 is 0 Å². The molecule has 0 radical (unpaired) electrons. The molecule has 2 nitrogen and oxygen atoms in total. The highest BCUT2D eigenvalue weighted by Gasteiger charge is 1.99. The second-order valence-corrected chi connectivity index (χ2v) is 2.98. The summed E-state index contributed by atoms with van der Waals surface area (Å²) in [5.74, 6) is 0. The van der Waals surface area contributed by atoms with Crippen LogP contribution in [0.5, 0.6) is 0 Å². The van der Waals surface area contributed by atoms with E-state index in [1.807, 2.05) is 19.9 Å². The maximum absolute atomic E-state index is 8.37. The second-order valence-electron chi connectivity index (χ2n) is 1.77. The Morgan fingerprint density at radius 1 is 1.56 bits per heavy atom. The first-order chi connectivity index (χ1) is 4.24. The summed E-state index contributed by atoms with van der Waals surface area (Å²) >= 11 is 1.44. The van der Waals surface area contributed by atoms with Gasteiger partial charge in [-0.1, -0.05) is 0 Å². The first-order valence-electron chi connectivity index (χ1n) is 2.58. The summed E-state index contributed by atoms with van der Waals surface area (Å²) in [6, 6.07) is 2.00. The molecule has 0 atom stereocenters. The van der Waals surface area contributed by atoms with Crippen LogP contribution in [0.25, 0.3) is 0 Å². The zero-order chi connectivity index (χ0) is 6.85. The lowest BCUT2D eigenvalue weighted by atomic mass is 10.4. The van der Waals surface area contributed by atoms with Crippen molar-refractivity contribution in [1.29, 1.82) is 5.26 Å². The fourth-order valence-corrected chi connectivity index (χ4v) is 1.23. The Hall–Kier alpha value is -0.880. The van der Waals surface area contributed by atoms with E-state index in [4.69, 9.17) is 5.26 Å². The van der Waals surface area contributed by atoms with Gasteiger partial charge in [-0.2, -0.15) is 5.26 Å². The molecule has 0 aliphatic rings. The molecule has 1 heterocycles. The van der Waals surface area contributed by atoms with Crippen LogP contribution in [0.2, 0.25) is 0 Å². The molecular weight excluding hydrogens is 132 g/mol. The van der Waals surface area contributed by atoms with Crippen molar-refractivity contribution < 1.29 is 0 Å². The van der Waals surface area contributed by atoms with E-state index in [0.29, 0.717) is 5.01 Å². The van der Waals surface area contributed by atoms with Crippen LogP contribution in [0.1, 0.15) is 15.6 Å². The maximum Gasteiger partial charge on any atom is 0.194 e. The highest BCUT2D eigenvalue weighted by atomic mass is 32.1. The highest BCUT2D eigenvalue weighted by molar-refractivity contribution is 7.12. The van der Waals surface area contributed by atoms with Crippen molar-refractivity contribution in [2.45, 2.75) is 13.8 Å². The van der Waals surface area contributed by atoms with E-state index in [2.05, 4.69) is 4.98 Å². The third-order valence-electron chi connectivity index (χ3n) is 1.12. The third kappa shape index (κ3) is 1.08. The van der Waals surface area contributed by atoms with Crippen LogP contribution in [0.4, 0.5) is 0 Å². The number of nitrogens with zero attached hydrogens (tertiary/aromatic N) is 2. The second kappa shape index (κ2) is 2.16. The van der Waals surface area contributed by atoms with Crippen molar-refractivity contribution in [2.24, 2.45) is 0 Å². The molecule has 0 aromatic carbocycles. The minimum absolute atomic E-state index is 0.560. The number of aromatic nitrogens is 1. The van der Waals surface area contributed by atoms with Crippen molar-refractivity contribution in [2.75, 3.05) is 0 Å². The topological polar surface area (TPSA) is 36.7 Å². The average molecular weight is 138 g/mol. The Kier molecular flexibility index (Phi) is 1.50. The molecule has 0 N–H and O–H groups in total. The molecule has 0 saturated heterocycles. The summed E-state index contributed by atoms with van der Waals surface area (Å²) in [4.78, 5) is 5.12. The molecule has 0 unspecified atom stereocenters. The number of nitriles is 1.